The molecule has 0 aliphatic carbocycles. The van der Waals surface area contributed by atoms with Gasteiger partial charge in [0.05, 0.1) is 11.9 Å². The standard InChI is InChI=1S/C13H20FN3O/c1-9(4-3-5-10(2)15)13(18)17-12-6-7-16-8-11(12)14/h6-10H,3-5,15H2,1-2H3,(H,16,17,18). The molecule has 1 heterocycles. The van der Waals surface area contributed by atoms with Gasteiger partial charge in [0, 0.05) is 18.2 Å². The zero-order valence-electron chi connectivity index (χ0n) is 10.8. The van der Waals surface area contributed by atoms with Gasteiger partial charge in [0.1, 0.15) is 0 Å². The van der Waals surface area contributed by atoms with Crippen LogP contribution in [0.5, 0.6) is 0 Å². The topological polar surface area (TPSA) is 68.0 Å². The first-order chi connectivity index (χ1) is 8.50. The van der Waals surface area contributed by atoms with Gasteiger partial charge in [-0.2, -0.15) is 0 Å². The first-order valence-electron chi connectivity index (χ1n) is 6.16. The molecule has 0 saturated carbocycles. The van der Waals surface area contributed by atoms with E-state index in [9.17, 15) is 9.18 Å². The van der Waals surface area contributed by atoms with Crippen molar-refractivity contribution >= 4 is 11.6 Å². The van der Waals surface area contributed by atoms with Gasteiger partial charge in [-0.05, 0) is 25.8 Å². The SMILES string of the molecule is CC(N)CCCC(C)C(=O)Nc1ccncc1F. The third-order valence-electron chi connectivity index (χ3n) is 2.77. The molecule has 5 heteroatoms. The number of hydrogen-bond donors (Lipinski definition) is 2. The molecule has 0 spiro atoms. The minimum atomic E-state index is -0.520. The summed E-state index contributed by atoms with van der Waals surface area (Å²) < 4.78 is 13.3. The number of carbonyl (C=O) groups excluding carboxylic acids is 1. The molecule has 0 bridgehead atoms. The maximum atomic E-state index is 13.3. The van der Waals surface area contributed by atoms with E-state index in [2.05, 4.69) is 10.3 Å². The second-order valence-electron chi connectivity index (χ2n) is 4.65. The number of nitrogens with one attached hydrogen (secondary N) is 1. The minimum Gasteiger partial charge on any atom is -0.328 e. The Morgan fingerprint density at radius 2 is 2.22 bits per heavy atom. The van der Waals surface area contributed by atoms with Crippen molar-refractivity contribution in [2.45, 2.75) is 39.2 Å². The van der Waals surface area contributed by atoms with Crippen LogP contribution in [0.15, 0.2) is 18.5 Å². The Kier molecular flexibility index (Phi) is 5.71. The summed E-state index contributed by atoms with van der Waals surface area (Å²) in [5.74, 6) is -0.852. The normalized spacial score (nSPS) is 14.0. The molecule has 1 rings (SSSR count). The van der Waals surface area contributed by atoms with Crippen LogP contribution in [0.1, 0.15) is 33.1 Å². The number of aromatic nitrogens is 1. The highest BCUT2D eigenvalue weighted by Crippen LogP contribution is 2.15. The predicted octanol–water partition coefficient (Wildman–Crippen LogP) is 2.31. The summed E-state index contributed by atoms with van der Waals surface area (Å²) in [6.45, 7) is 3.77. The molecular weight excluding hydrogens is 233 g/mol. The lowest BCUT2D eigenvalue weighted by molar-refractivity contribution is -0.119. The fourth-order valence-electron chi connectivity index (χ4n) is 1.61. The summed E-state index contributed by atoms with van der Waals surface area (Å²) in [5, 5.41) is 2.56. The Balaban J connectivity index is 2.43. The van der Waals surface area contributed by atoms with Crippen molar-refractivity contribution in [2.24, 2.45) is 11.7 Å². The molecule has 1 aromatic rings. The highest BCUT2D eigenvalue weighted by molar-refractivity contribution is 5.92. The minimum absolute atomic E-state index is 0.151. The molecule has 0 saturated heterocycles. The lowest BCUT2D eigenvalue weighted by Crippen LogP contribution is -2.22. The number of nitrogens with zero attached hydrogens (tertiary/aromatic N) is 1. The van der Waals surface area contributed by atoms with Crippen molar-refractivity contribution in [2.75, 3.05) is 5.32 Å². The van der Waals surface area contributed by atoms with Crippen molar-refractivity contribution in [1.29, 1.82) is 0 Å². The Morgan fingerprint density at radius 1 is 1.50 bits per heavy atom. The molecular formula is C13H20FN3O. The van der Waals surface area contributed by atoms with Gasteiger partial charge in [0.25, 0.3) is 0 Å². The average molecular weight is 253 g/mol. The maximum absolute atomic E-state index is 13.3. The van der Waals surface area contributed by atoms with Gasteiger partial charge >= 0.3 is 0 Å². The lowest BCUT2D eigenvalue weighted by Gasteiger charge is -2.13. The van der Waals surface area contributed by atoms with Gasteiger partial charge in [0.15, 0.2) is 5.82 Å². The van der Waals surface area contributed by atoms with Crippen LogP contribution in [0.2, 0.25) is 0 Å². The molecule has 0 radical (unpaired) electrons. The summed E-state index contributed by atoms with van der Waals surface area (Å²) in [7, 11) is 0. The van der Waals surface area contributed by atoms with E-state index in [1.54, 1.807) is 0 Å². The first kappa shape index (κ1) is 14.6. The molecule has 18 heavy (non-hydrogen) atoms. The van der Waals surface area contributed by atoms with Gasteiger partial charge in [-0.1, -0.05) is 13.3 Å². The molecule has 2 atom stereocenters. The molecule has 0 aliphatic heterocycles. The molecule has 1 aromatic heterocycles. The second kappa shape index (κ2) is 7.06. The number of amides is 1. The van der Waals surface area contributed by atoms with Crippen LogP contribution in [0.25, 0.3) is 0 Å². The lowest BCUT2D eigenvalue weighted by atomic mass is 10.0. The van der Waals surface area contributed by atoms with Gasteiger partial charge in [-0.25, -0.2) is 4.39 Å². The smallest absolute Gasteiger partial charge is 0.227 e. The fourth-order valence-corrected chi connectivity index (χ4v) is 1.61. The molecule has 0 aromatic carbocycles. The maximum Gasteiger partial charge on any atom is 0.227 e. The molecule has 3 N–H and O–H groups in total. The molecule has 2 unspecified atom stereocenters. The summed E-state index contributed by atoms with van der Waals surface area (Å²) >= 11 is 0. The van der Waals surface area contributed by atoms with Crippen LogP contribution in [-0.2, 0) is 4.79 Å². The van der Waals surface area contributed by atoms with Crippen LogP contribution in [0.3, 0.4) is 0 Å². The van der Waals surface area contributed by atoms with Crippen molar-refractivity contribution in [3.05, 3.63) is 24.3 Å². The predicted molar refractivity (Wildman–Crippen MR) is 69.5 cm³/mol. The van der Waals surface area contributed by atoms with Gasteiger partial charge in [-0.3, -0.25) is 9.78 Å². The molecule has 1 amide bonds. The molecule has 100 valence electrons. The van der Waals surface area contributed by atoms with E-state index in [0.29, 0.717) is 0 Å². The number of anilines is 1. The summed E-state index contributed by atoms with van der Waals surface area (Å²) in [6, 6.07) is 1.60. The Bertz CT molecular complexity index is 396. The Morgan fingerprint density at radius 3 is 2.83 bits per heavy atom. The molecule has 0 aliphatic rings. The first-order valence-corrected chi connectivity index (χ1v) is 6.16. The van der Waals surface area contributed by atoms with Crippen molar-refractivity contribution in [3.63, 3.8) is 0 Å². The summed E-state index contributed by atoms with van der Waals surface area (Å²) in [6.07, 6.45) is 5.06. The van der Waals surface area contributed by atoms with Crippen molar-refractivity contribution in [1.82, 2.24) is 4.98 Å². The van der Waals surface area contributed by atoms with E-state index in [0.717, 1.165) is 25.5 Å². The van der Waals surface area contributed by atoms with Crippen LogP contribution >= 0.6 is 0 Å². The number of halogens is 1. The second-order valence-corrected chi connectivity index (χ2v) is 4.65. The van der Waals surface area contributed by atoms with E-state index < -0.39 is 5.82 Å². The van der Waals surface area contributed by atoms with Crippen molar-refractivity contribution in [3.8, 4) is 0 Å². The Hall–Kier alpha value is -1.49. The number of nitrogens with two attached hydrogens (primary N) is 1. The van der Waals surface area contributed by atoms with Crippen LogP contribution < -0.4 is 11.1 Å². The average Bonchev–Trinajstić information content (AvgIpc) is 2.31. The molecule has 0 fully saturated rings. The van der Waals surface area contributed by atoms with Gasteiger partial charge in [-0.15, -0.1) is 0 Å². The van der Waals surface area contributed by atoms with Crippen LogP contribution in [0, 0.1) is 11.7 Å². The van der Waals surface area contributed by atoms with Crippen molar-refractivity contribution < 1.29 is 9.18 Å². The summed E-state index contributed by atoms with van der Waals surface area (Å²) in [5.41, 5.74) is 5.82. The van der Waals surface area contributed by atoms with E-state index in [1.165, 1.54) is 12.3 Å². The number of pyridine rings is 1. The fraction of sp³-hybridized carbons (Fsp3) is 0.538. The van der Waals surface area contributed by atoms with E-state index >= 15 is 0 Å². The highest BCUT2D eigenvalue weighted by Gasteiger charge is 2.14. The monoisotopic (exact) mass is 253 g/mol. The number of rotatable bonds is 6. The van der Waals surface area contributed by atoms with Crippen LogP contribution in [0.4, 0.5) is 10.1 Å². The zero-order chi connectivity index (χ0) is 13.5. The quantitative estimate of drug-likeness (QED) is 0.817. The third kappa shape index (κ3) is 4.79. The van der Waals surface area contributed by atoms with Gasteiger partial charge < -0.3 is 11.1 Å². The third-order valence-corrected chi connectivity index (χ3v) is 2.77. The molecule has 4 nitrogen and oxygen atoms in total. The zero-order valence-corrected chi connectivity index (χ0v) is 10.8. The van der Waals surface area contributed by atoms with E-state index in [-0.39, 0.29) is 23.6 Å². The van der Waals surface area contributed by atoms with Crippen LogP contribution in [-0.4, -0.2) is 16.9 Å². The van der Waals surface area contributed by atoms with E-state index in [1.807, 2.05) is 13.8 Å². The van der Waals surface area contributed by atoms with Gasteiger partial charge in [0.2, 0.25) is 5.91 Å². The Labute approximate surface area is 107 Å². The number of hydrogen-bond acceptors (Lipinski definition) is 3. The largest absolute Gasteiger partial charge is 0.328 e. The highest BCUT2D eigenvalue weighted by atomic mass is 19.1. The summed E-state index contributed by atoms with van der Waals surface area (Å²) in [4.78, 5) is 15.4. The number of carbonyl (C=O) groups is 1. The van der Waals surface area contributed by atoms with E-state index in [4.69, 9.17) is 5.73 Å².